The van der Waals surface area contributed by atoms with E-state index in [-0.39, 0.29) is 18.1 Å². The molecule has 1 saturated carbocycles. The van der Waals surface area contributed by atoms with Crippen LogP contribution in [0.1, 0.15) is 23.3 Å². The Morgan fingerprint density at radius 3 is 2.56 bits per heavy atom. The van der Waals surface area contributed by atoms with Crippen LogP contribution in [-0.2, 0) is 0 Å². The van der Waals surface area contributed by atoms with Crippen LogP contribution >= 0.6 is 0 Å². The number of likely N-dealkylation sites (N-methyl/N-ethyl adjacent to an activating group) is 1. The first-order valence-electron chi connectivity index (χ1n) is 9.01. The molecule has 4 rings (SSSR count). The average Bonchev–Trinajstić information content (AvgIpc) is 3.02. The van der Waals surface area contributed by atoms with Crippen LogP contribution in [0.2, 0.25) is 0 Å². The quantitative estimate of drug-likeness (QED) is 0.909. The van der Waals surface area contributed by atoms with Crippen LogP contribution in [-0.4, -0.2) is 65.1 Å². The molecule has 1 aliphatic carbocycles. The molecule has 132 valence electrons. The zero-order valence-corrected chi connectivity index (χ0v) is 14.8. The molecule has 2 fully saturated rings. The molecule has 1 aromatic carbocycles. The van der Waals surface area contributed by atoms with E-state index in [2.05, 4.69) is 9.88 Å². The number of aromatic nitrogens is 1. The average molecular weight is 339 g/mol. The first kappa shape index (κ1) is 16.5. The molecule has 1 N–H and O–H groups in total. The molecule has 5 nitrogen and oxygen atoms in total. The van der Waals surface area contributed by atoms with Gasteiger partial charge in [0.1, 0.15) is 5.69 Å². The van der Waals surface area contributed by atoms with Gasteiger partial charge in [-0.25, -0.2) is 0 Å². The maximum absolute atomic E-state index is 12.9. The predicted octanol–water partition coefficient (Wildman–Crippen LogP) is 2.01. The lowest BCUT2D eigenvalue weighted by Crippen LogP contribution is -2.46. The van der Waals surface area contributed by atoms with Crippen molar-refractivity contribution in [2.75, 3.05) is 27.2 Å². The van der Waals surface area contributed by atoms with Gasteiger partial charge in [-0.1, -0.05) is 24.3 Å². The third-order valence-electron chi connectivity index (χ3n) is 5.91. The van der Waals surface area contributed by atoms with Crippen LogP contribution in [0, 0.1) is 11.8 Å². The van der Waals surface area contributed by atoms with Crippen molar-refractivity contribution in [1.29, 1.82) is 0 Å². The van der Waals surface area contributed by atoms with Gasteiger partial charge in [-0.3, -0.25) is 9.78 Å². The number of rotatable bonds is 2. The summed E-state index contributed by atoms with van der Waals surface area (Å²) in [5.41, 5.74) is 0.516. The summed E-state index contributed by atoms with van der Waals surface area (Å²) in [5, 5.41) is 12.5. The molecule has 1 aliphatic heterocycles. The zero-order chi connectivity index (χ0) is 17.6. The third kappa shape index (κ3) is 3.02. The molecule has 1 saturated heterocycles. The Kier molecular flexibility index (Phi) is 4.21. The highest BCUT2D eigenvalue weighted by Crippen LogP contribution is 2.38. The third-order valence-corrected chi connectivity index (χ3v) is 5.91. The monoisotopic (exact) mass is 339 g/mol. The van der Waals surface area contributed by atoms with Gasteiger partial charge < -0.3 is 14.9 Å². The number of pyridine rings is 1. The summed E-state index contributed by atoms with van der Waals surface area (Å²) >= 11 is 0. The van der Waals surface area contributed by atoms with E-state index in [0.29, 0.717) is 17.5 Å². The van der Waals surface area contributed by atoms with Crippen molar-refractivity contribution in [3.63, 3.8) is 0 Å². The molecular weight excluding hydrogens is 314 g/mol. The molecule has 2 aliphatic rings. The number of aliphatic hydroxyl groups excluding tert-OH is 1. The number of carbonyl (C=O) groups is 1. The Morgan fingerprint density at radius 1 is 1.16 bits per heavy atom. The van der Waals surface area contributed by atoms with Gasteiger partial charge >= 0.3 is 0 Å². The molecule has 2 aromatic rings. The zero-order valence-electron chi connectivity index (χ0n) is 14.8. The fourth-order valence-electron chi connectivity index (χ4n) is 4.49. The second kappa shape index (κ2) is 6.39. The Balaban J connectivity index is 1.52. The SMILES string of the molecule is CN(C)[C@@H]1C[C@@H]2CN(C(=O)c3cc4ccccc4cn3)C[C@@H]2C[C@H]1O. The number of benzene rings is 1. The van der Waals surface area contributed by atoms with Crippen LogP contribution in [0.25, 0.3) is 10.8 Å². The van der Waals surface area contributed by atoms with Crippen molar-refractivity contribution in [3.05, 3.63) is 42.2 Å². The summed E-state index contributed by atoms with van der Waals surface area (Å²) in [5.74, 6) is 0.881. The molecule has 1 aromatic heterocycles. The predicted molar refractivity (Wildman–Crippen MR) is 97.3 cm³/mol. The number of amides is 1. The Labute approximate surface area is 148 Å². The van der Waals surface area contributed by atoms with Gasteiger partial charge in [-0.2, -0.15) is 0 Å². The van der Waals surface area contributed by atoms with Crippen LogP contribution in [0.15, 0.2) is 36.5 Å². The van der Waals surface area contributed by atoms with Gasteiger partial charge in [0.2, 0.25) is 0 Å². The minimum atomic E-state index is -0.301. The highest BCUT2D eigenvalue weighted by molar-refractivity contribution is 5.96. The summed E-state index contributed by atoms with van der Waals surface area (Å²) < 4.78 is 0. The fraction of sp³-hybridized carbons (Fsp3) is 0.500. The molecule has 2 heterocycles. The van der Waals surface area contributed by atoms with Crippen LogP contribution in [0.5, 0.6) is 0 Å². The van der Waals surface area contributed by atoms with Crippen LogP contribution in [0.4, 0.5) is 0 Å². The minimum Gasteiger partial charge on any atom is -0.391 e. The van der Waals surface area contributed by atoms with E-state index in [4.69, 9.17) is 0 Å². The van der Waals surface area contributed by atoms with E-state index in [0.717, 1.165) is 36.7 Å². The van der Waals surface area contributed by atoms with E-state index in [1.54, 1.807) is 6.20 Å². The van der Waals surface area contributed by atoms with E-state index >= 15 is 0 Å². The summed E-state index contributed by atoms with van der Waals surface area (Å²) in [6.07, 6.45) is 3.21. The molecule has 0 spiro atoms. The standard InChI is InChI=1S/C20H25N3O2/c1-22(2)18-8-15-11-23(12-16(15)9-19(18)24)20(25)17-7-13-5-3-4-6-14(13)10-21-17/h3-7,10,15-16,18-19,24H,8-9,11-12H2,1-2H3/t15-,16+,18-,19-/m1/s1. The van der Waals surface area contributed by atoms with E-state index in [1.807, 2.05) is 49.3 Å². The Morgan fingerprint density at radius 2 is 1.84 bits per heavy atom. The van der Waals surface area contributed by atoms with Crippen LogP contribution < -0.4 is 0 Å². The largest absolute Gasteiger partial charge is 0.391 e. The number of likely N-dealkylation sites (tertiary alicyclic amines) is 1. The summed E-state index contributed by atoms with van der Waals surface area (Å²) in [6.45, 7) is 1.50. The Bertz CT molecular complexity index is 791. The topological polar surface area (TPSA) is 56.7 Å². The van der Waals surface area contributed by atoms with Crippen molar-refractivity contribution >= 4 is 16.7 Å². The van der Waals surface area contributed by atoms with Crippen molar-refractivity contribution in [1.82, 2.24) is 14.8 Å². The smallest absolute Gasteiger partial charge is 0.272 e. The van der Waals surface area contributed by atoms with Gasteiger partial charge in [0.05, 0.1) is 6.10 Å². The highest BCUT2D eigenvalue weighted by Gasteiger charge is 2.43. The van der Waals surface area contributed by atoms with Crippen molar-refractivity contribution in [3.8, 4) is 0 Å². The van der Waals surface area contributed by atoms with Crippen LogP contribution in [0.3, 0.4) is 0 Å². The maximum atomic E-state index is 12.9. The van der Waals surface area contributed by atoms with Gasteiger partial charge in [-0.05, 0) is 50.2 Å². The van der Waals surface area contributed by atoms with Crippen molar-refractivity contribution in [2.24, 2.45) is 11.8 Å². The van der Waals surface area contributed by atoms with E-state index < -0.39 is 0 Å². The Hall–Kier alpha value is -1.98. The first-order chi connectivity index (χ1) is 12.0. The lowest BCUT2D eigenvalue weighted by Gasteiger charge is -2.38. The fourth-order valence-corrected chi connectivity index (χ4v) is 4.49. The number of carbonyl (C=O) groups excluding carboxylic acids is 1. The lowest BCUT2D eigenvalue weighted by molar-refractivity contribution is 0.00940. The summed E-state index contributed by atoms with van der Waals surface area (Å²) in [7, 11) is 4.04. The number of hydrogen-bond acceptors (Lipinski definition) is 4. The highest BCUT2D eigenvalue weighted by atomic mass is 16.3. The van der Waals surface area contributed by atoms with E-state index in [9.17, 15) is 9.90 Å². The number of fused-ring (bicyclic) bond motifs is 2. The molecule has 4 atom stereocenters. The molecule has 25 heavy (non-hydrogen) atoms. The molecule has 0 bridgehead atoms. The number of nitrogens with zero attached hydrogens (tertiary/aromatic N) is 3. The van der Waals surface area contributed by atoms with Gasteiger partial charge in [0, 0.05) is 30.7 Å². The maximum Gasteiger partial charge on any atom is 0.272 e. The molecule has 0 unspecified atom stereocenters. The lowest BCUT2D eigenvalue weighted by atomic mass is 9.77. The van der Waals surface area contributed by atoms with Crippen molar-refractivity contribution in [2.45, 2.75) is 25.0 Å². The molecule has 1 amide bonds. The van der Waals surface area contributed by atoms with E-state index in [1.165, 1.54) is 0 Å². The summed E-state index contributed by atoms with van der Waals surface area (Å²) in [6, 6.07) is 10.0. The number of hydrogen-bond donors (Lipinski definition) is 1. The van der Waals surface area contributed by atoms with Gasteiger partial charge in [0.25, 0.3) is 5.91 Å². The first-order valence-corrected chi connectivity index (χ1v) is 9.01. The number of aliphatic hydroxyl groups is 1. The molecule has 0 radical (unpaired) electrons. The summed E-state index contributed by atoms with van der Waals surface area (Å²) in [4.78, 5) is 21.3. The van der Waals surface area contributed by atoms with Gasteiger partial charge in [0.15, 0.2) is 0 Å². The second-order valence-corrected chi connectivity index (χ2v) is 7.72. The molecule has 5 heteroatoms. The van der Waals surface area contributed by atoms with Crippen molar-refractivity contribution < 1.29 is 9.90 Å². The normalized spacial score (nSPS) is 29.2. The molecular formula is C20H25N3O2. The minimum absolute atomic E-state index is 0.0102. The second-order valence-electron chi connectivity index (χ2n) is 7.72. The van der Waals surface area contributed by atoms with Gasteiger partial charge in [-0.15, -0.1) is 0 Å².